The van der Waals surface area contributed by atoms with Crippen molar-refractivity contribution in [1.29, 1.82) is 0 Å². The standard InChI is InChI=1S/C23H25Cl2F3N2O2S/c1-13-3-4-15(18(24)9-13)10-21(31)29-11-16-12-30(8-7-17(16)23(26,27)28)22(32)14(2)19-5-6-20(25)33-19/h3-6,9,14,16-17H,7-8,10-12H2,1-2H3,(H,29,31). The van der Waals surface area contributed by atoms with Gasteiger partial charge in [0.15, 0.2) is 0 Å². The molecule has 0 aliphatic carbocycles. The summed E-state index contributed by atoms with van der Waals surface area (Å²) in [6.45, 7) is 3.38. The van der Waals surface area contributed by atoms with E-state index in [0.29, 0.717) is 14.9 Å². The molecular weight excluding hydrogens is 496 g/mol. The zero-order valence-corrected chi connectivity index (χ0v) is 20.5. The number of aryl methyl sites for hydroxylation is 1. The van der Waals surface area contributed by atoms with Crippen LogP contribution in [0.5, 0.6) is 0 Å². The van der Waals surface area contributed by atoms with Crippen molar-refractivity contribution < 1.29 is 22.8 Å². The van der Waals surface area contributed by atoms with Crippen LogP contribution in [0.1, 0.15) is 35.3 Å². The first kappa shape index (κ1) is 25.8. The van der Waals surface area contributed by atoms with E-state index < -0.39 is 29.8 Å². The molecule has 1 aliphatic rings. The maximum atomic E-state index is 13.7. The van der Waals surface area contributed by atoms with Gasteiger partial charge in [-0.25, -0.2) is 0 Å². The third-order valence-electron chi connectivity index (χ3n) is 5.98. The van der Waals surface area contributed by atoms with Gasteiger partial charge in [0.2, 0.25) is 11.8 Å². The van der Waals surface area contributed by atoms with Gasteiger partial charge >= 0.3 is 6.18 Å². The lowest BCUT2D eigenvalue weighted by Crippen LogP contribution is -2.52. The largest absolute Gasteiger partial charge is 0.392 e. The van der Waals surface area contributed by atoms with E-state index in [2.05, 4.69) is 5.32 Å². The first-order valence-electron chi connectivity index (χ1n) is 10.6. The van der Waals surface area contributed by atoms with Crippen LogP contribution in [-0.2, 0) is 16.0 Å². The second kappa shape index (κ2) is 10.7. The lowest BCUT2D eigenvalue weighted by Gasteiger charge is -2.40. The molecule has 3 rings (SSSR count). The Morgan fingerprint density at radius 2 is 1.97 bits per heavy atom. The van der Waals surface area contributed by atoms with Crippen molar-refractivity contribution in [2.75, 3.05) is 19.6 Å². The number of halogens is 5. The highest BCUT2D eigenvalue weighted by atomic mass is 35.5. The fraction of sp³-hybridized carbons (Fsp3) is 0.478. The molecule has 3 atom stereocenters. The molecule has 0 bridgehead atoms. The van der Waals surface area contributed by atoms with Crippen LogP contribution in [0.15, 0.2) is 30.3 Å². The lowest BCUT2D eigenvalue weighted by atomic mass is 9.84. The number of benzene rings is 1. The summed E-state index contributed by atoms with van der Waals surface area (Å²) in [5.74, 6) is -3.66. The number of thiophene rings is 1. The van der Waals surface area contributed by atoms with Gasteiger partial charge in [0.05, 0.1) is 22.6 Å². The molecule has 0 saturated carbocycles. The Labute approximate surface area is 205 Å². The molecule has 1 aromatic heterocycles. The Balaban J connectivity index is 1.66. The average molecular weight is 521 g/mol. The minimum Gasteiger partial charge on any atom is -0.355 e. The van der Waals surface area contributed by atoms with Crippen LogP contribution < -0.4 is 5.32 Å². The number of amides is 2. The van der Waals surface area contributed by atoms with Crippen molar-refractivity contribution in [3.63, 3.8) is 0 Å². The van der Waals surface area contributed by atoms with Gasteiger partial charge in [-0.15, -0.1) is 11.3 Å². The van der Waals surface area contributed by atoms with Crippen LogP contribution in [0.2, 0.25) is 9.36 Å². The van der Waals surface area contributed by atoms with E-state index in [-0.39, 0.29) is 38.4 Å². The number of piperidine rings is 1. The van der Waals surface area contributed by atoms with Gasteiger partial charge in [0, 0.05) is 35.5 Å². The van der Waals surface area contributed by atoms with E-state index >= 15 is 0 Å². The molecule has 4 nitrogen and oxygen atoms in total. The highest BCUT2D eigenvalue weighted by molar-refractivity contribution is 7.16. The Kier molecular flexibility index (Phi) is 8.35. The smallest absolute Gasteiger partial charge is 0.355 e. The van der Waals surface area contributed by atoms with Crippen molar-refractivity contribution in [1.82, 2.24) is 10.2 Å². The molecule has 10 heteroatoms. The van der Waals surface area contributed by atoms with Crippen molar-refractivity contribution in [3.05, 3.63) is 55.7 Å². The second-order valence-corrected chi connectivity index (χ2v) is 10.6. The predicted octanol–water partition coefficient (Wildman–Crippen LogP) is 5.85. The summed E-state index contributed by atoms with van der Waals surface area (Å²) >= 11 is 13.4. The van der Waals surface area contributed by atoms with Crippen LogP contribution in [0.4, 0.5) is 13.2 Å². The first-order chi connectivity index (χ1) is 15.5. The summed E-state index contributed by atoms with van der Waals surface area (Å²) in [7, 11) is 0. The van der Waals surface area contributed by atoms with Crippen molar-refractivity contribution in [2.45, 2.75) is 38.8 Å². The van der Waals surface area contributed by atoms with Crippen molar-refractivity contribution >= 4 is 46.4 Å². The van der Waals surface area contributed by atoms with Gasteiger partial charge in [-0.2, -0.15) is 13.2 Å². The highest BCUT2D eigenvalue weighted by Gasteiger charge is 2.47. The summed E-state index contributed by atoms with van der Waals surface area (Å²) in [5, 5.41) is 3.06. The van der Waals surface area contributed by atoms with Gasteiger partial charge in [-0.1, -0.05) is 35.3 Å². The van der Waals surface area contributed by atoms with Gasteiger partial charge < -0.3 is 10.2 Å². The quantitative estimate of drug-likeness (QED) is 0.519. The maximum Gasteiger partial charge on any atom is 0.392 e. The van der Waals surface area contributed by atoms with Crippen LogP contribution in [-0.4, -0.2) is 42.5 Å². The van der Waals surface area contributed by atoms with Crippen LogP contribution in [0.3, 0.4) is 0 Å². The molecule has 0 spiro atoms. The molecule has 180 valence electrons. The first-order valence-corrected chi connectivity index (χ1v) is 12.2. The minimum atomic E-state index is -4.41. The molecule has 1 aliphatic heterocycles. The summed E-state index contributed by atoms with van der Waals surface area (Å²) < 4.78 is 41.5. The van der Waals surface area contributed by atoms with Gasteiger partial charge in [-0.3, -0.25) is 9.59 Å². The number of hydrogen-bond donors (Lipinski definition) is 1. The zero-order valence-electron chi connectivity index (χ0n) is 18.2. The SMILES string of the molecule is Cc1ccc(CC(=O)NCC2CN(C(=O)C(C)c3ccc(Cl)s3)CCC2C(F)(F)F)c(Cl)c1. The van der Waals surface area contributed by atoms with E-state index in [9.17, 15) is 22.8 Å². The molecule has 1 fully saturated rings. The summed E-state index contributed by atoms with van der Waals surface area (Å²) in [6, 6.07) is 8.73. The van der Waals surface area contributed by atoms with Gasteiger partial charge in [-0.05, 0) is 49.6 Å². The Hall–Kier alpha value is -1.77. The average Bonchev–Trinajstić information content (AvgIpc) is 3.18. The third kappa shape index (κ3) is 6.64. The Bertz CT molecular complexity index is 1010. The molecule has 2 amide bonds. The molecule has 1 aromatic carbocycles. The Morgan fingerprint density at radius 3 is 2.58 bits per heavy atom. The molecular formula is C23H25Cl2F3N2O2S. The number of nitrogens with zero attached hydrogens (tertiary/aromatic N) is 1. The zero-order chi connectivity index (χ0) is 24.3. The van der Waals surface area contributed by atoms with E-state index in [1.807, 2.05) is 13.0 Å². The molecule has 1 saturated heterocycles. The van der Waals surface area contributed by atoms with Gasteiger partial charge in [0.1, 0.15) is 0 Å². The fourth-order valence-electron chi connectivity index (χ4n) is 4.10. The number of nitrogens with one attached hydrogen (secondary N) is 1. The number of carbonyl (C=O) groups excluding carboxylic acids is 2. The minimum absolute atomic E-state index is 0.0237. The number of rotatable bonds is 6. The van der Waals surface area contributed by atoms with Gasteiger partial charge in [0.25, 0.3) is 0 Å². The van der Waals surface area contributed by atoms with Crippen LogP contribution >= 0.6 is 34.5 Å². The van der Waals surface area contributed by atoms with E-state index in [0.717, 1.165) is 10.4 Å². The molecule has 33 heavy (non-hydrogen) atoms. The maximum absolute atomic E-state index is 13.7. The number of hydrogen-bond acceptors (Lipinski definition) is 3. The normalized spacial score (nSPS) is 19.9. The summed E-state index contributed by atoms with van der Waals surface area (Å²) in [5.41, 5.74) is 1.55. The van der Waals surface area contributed by atoms with E-state index in [1.165, 1.54) is 16.2 Å². The predicted molar refractivity (Wildman–Crippen MR) is 125 cm³/mol. The topological polar surface area (TPSA) is 49.4 Å². The molecule has 2 aromatic rings. The molecule has 0 radical (unpaired) electrons. The summed E-state index contributed by atoms with van der Waals surface area (Å²) in [4.78, 5) is 27.6. The van der Waals surface area contributed by atoms with Crippen LogP contribution in [0, 0.1) is 18.8 Å². The molecule has 1 N–H and O–H groups in total. The second-order valence-electron chi connectivity index (χ2n) is 8.42. The monoisotopic (exact) mass is 520 g/mol. The lowest BCUT2D eigenvalue weighted by molar-refractivity contribution is -0.201. The van der Waals surface area contributed by atoms with Crippen LogP contribution in [0.25, 0.3) is 0 Å². The summed E-state index contributed by atoms with van der Waals surface area (Å²) in [6.07, 6.45) is -4.63. The number of carbonyl (C=O) groups is 2. The number of alkyl halides is 3. The number of likely N-dealkylation sites (tertiary alicyclic amines) is 1. The highest BCUT2D eigenvalue weighted by Crippen LogP contribution is 2.39. The van der Waals surface area contributed by atoms with Crippen molar-refractivity contribution in [2.24, 2.45) is 11.8 Å². The van der Waals surface area contributed by atoms with E-state index in [4.69, 9.17) is 23.2 Å². The van der Waals surface area contributed by atoms with Crippen molar-refractivity contribution in [3.8, 4) is 0 Å². The third-order valence-corrected chi connectivity index (χ3v) is 7.74. The fourth-order valence-corrected chi connectivity index (χ4v) is 5.51. The van der Waals surface area contributed by atoms with E-state index in [1.54, 1.807) is 31.2 Å². The molecule has 3 unspecified atom stereocenters. The molecule has 2 heterocycles. The Morgan fingerprint density at radius 1 is 1.24 bits per heavy atom.